The van der Waals surface area contributed by atoms with Gasteiger partial charge in [-0.25, -0.2) is 0 Å². The molecule has 5 nitrogen and oxygen atoms in total. The molecule has 7 rings (SSSR count). The third-order valence-corrected chi connectivity index (χ3v) is 7.11. The van der Waals surface area contributed by atoms with Gasteiger partial charge in [-0.1, -0.05) is 6.07 Å². The maximum absolute atomic E-state index is 13.5. The van der Waals surface area contributed by atoms with Gasteiger partial charge in [0.2, 0.25) is 0 Å². The number of methoxy groups -OCH3 is 1. The van der Waals surface area contributed by atoms with Crippen LogP contribution in [0.1, 0.15) is 28.8 Å². The van der Waals surface area contributed by atoms with Crippen molar-refractivity contribution in [3.05, 3.63) is 59.8 Å². The molecule has 1 aromatic heterocycles. The Bertz CT molecular complexity index is 1100. The van der Waals surface area contributed by atoms with Gasteiger partial charge in [0.1, 0.15) is 5.75 Å². The fourth-order valence-electron chi connectivity index (χ4n) is 5.59. The fourth-order valence-corrected chi connectivity index (χ4v) is 5.59. The Balaban J connectivity index is 0.00000193. The van der Waals surface area contributed by atoms with Gasteiger partial charge < -0.3 is 19.1 Å². The van der Waals surface area contributed by atoms with E-state index in [4.69, 9.17) is 4.74 Å². The molecule has 30 heavy (non-hydrogen) atoms. The van der Waals surface area contributed by atoms with E-state index in [-0.39, 0.29) is 18.3 Å². The first-order valence-electron chi connectivity index (χ1n) is 10.5. The number of fused-ring (bicyclic) bond motifs is 3. The number of ether oxygens (including phenoxy) is 1. The predicted octanol–water partition coefficient (Wildman–Crippen LogP) is 4.11. The number of nitrogens with zero attached hydrogens (tertiary/aromatic N) is 3. The molecule has 4 aliphatic heterocycles. The van der Waals surface area contributed by atoms with Crippen molar-refractivity contribution in [3.63, 3.8) is 0 Å². The minimum atomic E-state index is 0. The van der Waals surface area contributed by atoms with Crippen LogP contribution in [0, 0.1) is 5.92 Å². The van der Waals surface area contributed by atoms with Crippen LogP contribution in [-0.4, -0.2) is 53.1 Å². The zero-order chi connectivity index (χ0) is 19.5. The molecule has 5 heterocycles. The van der Waals surface area contributed by atoms with Crippen LogP contribution in [-0.2, 0) is 6.54 Å². The lowest BCUT2D eigenvalue weighted by Crippen LogP contribution is -2.58. The SMILES string of the molecule is COc1ccc(-n2cc3c4c(cccc42)C(=O)N([C@H]2CN4CCC2CC4)C3)cc1.Cl. The van der Waals surface area contributed by atoms with E-state index in [1.165, 1.54) is 31.5 Å². The molecule has 156 valence electrons. The number of carbonyl (C=O) groups is 1. The van der Waals surface area contributed by atoms with Crippen molar-refractivity contribution in [2.24, 2.45) is 5.92 Å². The minimum Gasteiger partial charge on any atom is -0.497 e. The normalized spacial score (nSPS) is 24.8. The Morgan fingerprint density at radius 3 is 2.47 bits per heavy atom. The molecular formula is C24H26ClN3O2. The van der Waals surface area contributed by atoms with Gasteiger partial charge in [0.25, 0.3) is 5.91 Å². The molecule has 6 heteroatoms. The summed E-state index contributed by atoms with van der Waals surface area (Å²) in [5.74, 6) is 1.70. The van der Waals surface area contributed by atoms with Crippen LogP contribution in [0.5, 0.6) is 5.75 Å². The summed E-state index contributed by atoms with van der Waals surface area (Å²) in [5, 5.41) is 1.12. The first-order valence-corrected chi connectivity index (χ1v) is 10.5. The lowest BCUT2D eigenvalue weighted by molar-refractivity contribution is 0.00407. The van der Waals surface area contributed by atoms with Gasteiger partial charge in [-0.05, 0) is 73.8 Å². The molecule has 0 radical (unpaired) electrons. The Morgan fingerprint density at radius 1 is 1.03 bits per heavy atom. The van der Waals surface area contributed by atoms with Crippen molar-refractivity contribution in [2.45, 2.75) is 25.4 Å². The molecule has 0 aliphatic carbocycles. The predicted molar refractivity (Wildman–Crippen MR) is 120 cm³/mol. The van der Waals surface area contributed by atoms with Crippen molar-refractivity contribution in [1.82, 2.24) is 14.4 Å². The molecular weight excluding hydrogens is 398 g/mol. The maximum atomic E-state index is 13.5. The van der Waals surface area contributed by atoms with Crippen molar-refractivity contribution >= 4 is 29.2 Å². The van der Waals surface area contributed by atoms with Gasteiger partial charge >= 0.3 is 0 Å². The average Bonchev–Trinajstić information content (AvgIpc) is 3.16. The summed E-state index contributed by atoms with van der Waals surface area (Å²) >= 11 is 0. The van der Waals surface area contributed by atoms with Crippen LogP contribution in [0.15, 0.2) is 48.7 Å². The molecule has 0 unspecified atom stereocenters. The van der Waals surface area contributed by atoms with Gasteiger partial charge in [-0.15, -0.1) is 12.4 Å². The van der Waals surface area contributed by atoms with Gasteiger partial charge in [0, 0.05) is 42.0 Å². The lowest BCUT2D eigenvalue weighted by atomic mass is 9.82. The molecule has 0 N–H and O–H groups in total. The van der Waals surface area contributed by atoms with Crippen LogP contribution >= 0.6 is 12.4 Å². The molecule has 1 amide bonds. The Hall–Kier alpha value is -2.50. The number of carbonyl (C=O) groups excluding carboxylic acids is 1. The summed E-state index contributed by atoms with van der Waals surface area (Å²) in [6, 6.07) is 14.6. The summed E-state index contributed by atoms with van der Waals surface area (Å²) < 4.78 is 7.51. The molecule has 4 aliphatic rings. The van der Waals surface area contributed by atoms with Crippen LogP contribution in [0.2, 0.25) is 0 Å². The zero-order valence-electron chi connectivity index (χ0n) is 17.1. The number of amides is 1. The molecule has 3 fully saturated rings. The van der Waals surface area contributed by atoms with Gasteiger partial charge in [-0.2, -0.15) is 0 Å². The number of piperidine rings is 3. The second-order valence-electron chi connectivity index (χ2n) is 8.56. The number of benzene rings is 2. The molecule has 0 spiro atoms. The van der Waals surface area contributed by atoms with Crippen molar-refractivity contribution < 1.29 is 9.53 Å². The maximum Gasteiger partial charge on any atom is 0.255 e. The van der Waals surface area contributed by atoms with E-state index in [9.17, 15) is 4.79 Å². The number of aromatic nitrogens is 1. The molecule has 1 atom stereocenters. The largest absolute Gasteiger partial charge is 0.497 e. The van der Waals surface area contributed by atoms with Crippen LogP contribution < -0.4 is 4.74 Å². The molecule has 2 aromatic carbocycles. The lowest BCUT2D eigenvalue weighted by Gasteiger charge is -2.49. The number of rotatable bonds is 3. The smallest absolute Gasteiger partial charge is 0.255 e. The van der Waals surface area contributed by atoms with E-state index in [0.29, 0.717) is 18.5 Å². The second kappa shape index (κ2) is 7.33. The second-order valence-corrected chi connectivity index (χ2v) is 8.56. The van der Waals surface area contributed by atoms with E-state index < -0.39 is 0 Å². The van der Waals surface area contributed by atoms with Crippen LogP contribution in [0.4, 0.5) is 0 Å². The van der Waals surface area contributed by atoms with Crippen molar-refractivity contribution in [1.29, 1.82) is 0 Å². The third kappa shape index (κ3) is 2.83. The number of halogens is 1. The Labute approximate surface area is 182 Å². The molecule has 3 aromatic rings. The first-order chi connectivity index (χ1) is 14.2. The van der Waals surface area contributed by atoms with E-state index in [1.54, 1.807) is 7.11 Å². The quantitative estimate of drug-likeness (QED) is 0.636. The summed E-state index contributed by atoms with van der Waals surface area (Å²) in [4.78, 5) is 18.2. The third-order valence-electron chi connectivity index (χ3n) is 7.11. The van der Waals surface area contributed by atoms with E-state index in [2.05, 4.69) is 38.8 Å². The van der Waals surface area contributed by atoms with Crippen LogP contribution in [0.25, 0.3) is 16.6 Å². The van der Waals surface area contributed by atoms with Crippen molar-refractivity contribution in [2.75, 3.05) is 26.7 Å². The van der Waals surface area contributed by atoms with Gasteiger partial charge in [0.15, 0.2) is 0 Å². The van der Waals surface area contributed by atoms with Gasteiger partial charge in [0.05, 0.1) is 12.6 Å². The van der Waals surface area contributed by atoms with E-state index in [1.807, 2.05) is 24.3 Å². The average molecular weight is 424 g/mol. The topological polar surface area (TPSA) is 37.7 Å². The van der Waals surface area contributed by atoms with Gasteiger partial charge in [-0.3, -0.25) is 4.79 Å². The summed E-state index contributed by atoms with van der Waals surface area (Å²) in [7, 11) is 1.68. The molecule has 0 saturated carbocycles. The Kier molecular flexibility index (Phi) is 4.75. The molecule has 3 saturated heterocycles. The highest BCUT2D eigenvalue weighted by molar-refractivity contribution is 6.10. The fraction of sp³-hybridized carbons (Fsp3) is 0.375. The standard InChI is InChI=1S/C24H25N3O2.ClH/c1-29-19-7-5-18(6-8-19)26-13-17-14-27(22-15-25-11-9-16(22)10-12-25)24(28)20-3-2-4-21(26)23(17)20;/h2-8,13,16,22H,9-12,14-15H2,1H3;1H/t22-;/m0./s1. The molecule has 2 bridgehead atoms. The highest BCUT2D eigenvalue weighted by atomic mass is 35.5. The highest BCUT2D eigenvalue weighted by Gasteiger charge is 2.41. The first kappa shape index (κ1) is 19.5. The van der Waals surface area contributed by atoms with Crippen molar-refractivity contribution in [3.8, 4) is 11.4 Å². The Morgan fingerprint density at radius 2 is 1.80 bits per heavy atom. The van der Waals surface area contributed by atoms with E-state index >= 15 is 0 Å². The zero-order valence-corrected chi connectivity index (χ0v) is 17.9. The monoisotopic (exact) mass is 423 g/mol. The number of hydrogen-bond donors (Lipinski definition) is 0. The number of hydrogen-bond acceptors (Lipinski definition) is 3. The summed E-state index contributed by atoms with van der Waals surface area (Å²) in [5.41, 5.74) is 4.29. The summed E-state index contributed by atoms with van der Waals surface area (Å²) in [6.45, 7) is 4.13. The highest BCUT2D eigenvalue weighted by Crippen LogP contribution is 2.38. The van der Waals surface area contributed by atoms with E-state index in [0.717, 1.165) is 34.4 Å². The van der Waals surface area contributed by atoms with Crippen LogP contribution in [0.3, 0.4) is 0 Å². The minimum absolute atomic E-state index is 0. The summed E-state index contributed by atoms with van der Waals surface area (Å²) in [6.07, 6.45) is 4.66.